The highest BCUT2D eigenvalue weighted by Crippen LogP contribution is 2.10. The molecule has 0 aliphatic heterocycles. The molecule has 2 N–H and O–H groups in total. The van der Waals surface area contributed by atoms with Crippen LogP contribution >= 0.6 is 15.9 Å². The molecule has 0 saturated carbocycles. The van der Waals surface area contributed by atoms with Gasteiger partial charge in [0.25, 0.3) is 5.91 Å². The summed E-state index contributed by atoms with van der Waals surface area (Å²) in [5.74, 6) is -0.833. The number of amides is 1. The highest BCUT2D eigenvalue weighted by Gasteiger charge is 2.10. The van der Waals surface area contributed by atoms with Gasteiger partial charge in [-0.1, -0.05) is 30.3 Å². The molecule has 0 bridgehead atoms. The number of aromatic nitrogens is 1. The first-order valence-corrected chi connectivity index (χ1v) is 6.76. The molecular formula is C14H13BrN2O3. The number of aromatic amines is 1. The van der Waals surface area contributed by atoms with Crippen molar-refractivity contribution in [1.82, 2.24) is 10.3 Å². The highest BCUT2D eigenvalue weighted by atomic mass is 79.9. The molecule has 20 heavy (non-hydrogen) atoms. The number of hydrogen-bond donors (Lipinski definition) is 2. The summed E-state index contributed by atoms with van der Waals surface area (Å²) in [5.41, 5.74) is 1.29. The Hall–Kier alpha value is -2.08. The largest absolute Gasteiger partial charge is 0.460 e. The van der Waals surface area contributed by atoms with E-state index in [-0.39, 0.29) is 19.1 Å². The van der Waals surface area contributed by atoms with Crippen molar-refractivity contribution >= 4 is 27.8 Å². The molecule has 2 rings (SSSR count). The van der Waals surface area contributed by atoms with Crippen molar-refractivity contribution in [3.63, 3.8) is 0 Å². The number of benzene rings is 1. The molecule has 0 atom stereocenters. The number of carbonyl (C=O) groups is 2. The van der Waals surface area contributed by atoms with Gasteiger partial charge in [0.15, 0.2) is 0 Å². The van der Waals surface area contributed by atoms with Crippen LogP contribution in [0, 0.1) is 0 Å². The maximum absolute atomic E-state index is 11.7. The molecule has 1 aromatic heterocycles. The van der Waals surface area contributed by atoms with Gasteiger partial charge in [0.1, 0.15) is 18.8 Å². The molecule has 1 aromatic carbocycles. The summed E-state index contributed by atoms with van der Waals surface area (Å²) < 4.78 is 5.82. The van der Waals surface area contributed by atoms with Gasteiger partial charge in [-0.15, -0.1) is 0 Å². The lowest BCUT2D eigenvalue weighted by Crippen LogP contribution is -2.30. The first-order valence-electron chi connectivity index (χ1n) is 5.97. The number of esters is 1. The van der Waals surface area contributed by atoms with Crippen LogP contribution in [-0.4, -0.2) is 23.4 Å². The van der Waals surface area contributed by atoms with Crippen LogP contribution < -0.4 is 5.32 Å². The van der Waals surface area contributed by atoms with E-state index in [1.54, 1.807) is 12.3 Å². The molecule has 0 unspecified atom stereocenters. The third-order valence-electron chi connectivity index (χ3n) is 2.53. The fourth-order valence-corrected chi connectivity index (χ4v) is 1.88. The van der Waals surface area contributed by atoms with Crippen LogP contribution in [0.4, 0.5) is 0 Å². The number of hydrogen-bond acceptors (Lipinski definition) is 3. The molecule has 0 saturated heterocycles. The maximum atomic E-state index is 11.7. The third-order valence-corrected chi connectivity index (χ3v) is 2.99. The van der Waals surface area contributed by atoms with Gasteiger partial charge < -0.3 is 15.0 Å². The van der Waals surface area contributed by atoms with Gasteiger partial charge in [0, 0.05) is 10.7 Å². The zero-order chi connectivity index (χ0) is 14.4. The van der Waals surface area contributed by atoms with E-state index in [4.69, 9.17) is 4.74 Å². The van der Waals surface area contributed by atoms with Crippen molar-refractivity contribution in [2.75, 3.05) is 6.54 Å². The lowest BCUT2D eigenvalue weighted by atomic mass is 10.2. The summed E-state index contributed by atoms with van der Waals surface area (Å²) in [6, 6.07) is 11.0. The van der Waals surface area contributed by atoms with Gasteiger partial charge in [-0.2, -0.15) is 0 Å². The van der Waals surface area contributed by atoms with Gasteiger partial charge in [-0.25, -0.2) is 0 Å². The summed E-state index contributed by atoms with van der Waals surface area (Å²) in [4.78, 5) is 25.9. The topological polar surface area (TPSA) is 71.2 Å². The minimum atomic E-state index is -0.479. The van der Waals surface area contributed by atoms with Crippen molar-refractivity contribution in [3.8, 4) is 0 Å². The molecule has 6 heteroatoms. The zero-order valence-corrected chi connectivity index (χ0v) is 12.1. The van der Waals surface area contributed by atoms with E-state index < -0.39 is 5.97 Å². The van der Waals surface area contributed by atoms with Crippen LogP contribution in [0.15, 0.2) is 47.1 Å². The lowest BCUT2D eigenvalue weighted by molar-refractivity contribution is -0.143. The van der Waals surface area contributed by atoms with Crippen LogP contribution in [0.25, 0.3) is 0 Å². The van der Waals surface area contributed by atoms with Crippen LogP contribution in [0.5, 0.6) is 0 Å². The first kappa shape index (κ1) is 14.3. The fourth-order valence-electron chi connectivity index (χ4n) is 1.54. The number of halogens is 1. The molecule has 0 radical (unpaired) electrons. The van der Waals surface area contributed by atoms with Gasteiger partial charge in [-0.05, 0) is 27.6 Å². The van der Waals surface area contributed by atoms with E-state index in [1.807, 2.05) is 30.3 Å². The molecule has 2 aromatic rings. The van der Waals surface area contributed by atoms with Gasteiger partial charge in [0.2, 0.25) is 0 Å². The van der Waals surface area contributed by atoms with E-state index >= 15 is 0 Å². The van der Waals surface area contributed by atoms with Crippen LogP contribution in [0.3, 0.4) is 0 Å². The Morgan fingerprint density at radius 3 is 2.65 bits per heavy atom. The van der Waals surface area contributed by atoms with Crippen LogP contribution in [-0.2, 0) is 16.1 Å². The molecule has 104 valence electrons. The SMILES string of the molecule is O=C(CNC(=O)c1cc(Br)c[nH]1)OCc1ccccc1. The van der Waals surface area contributed by atoms with E-state index in [1.165, 1.54) is 0 Å². The average Bonchev–Trinajstić information content (AvgIpc) is 2.90. The number of nitrogens with one attached hydrogen (secondary N) is 2. The Bertz CT molecular complexity index is 595. The van der Waals surface area contributed by atoms with Crippen molar-refractivity contribution < 1.29 is 14.3 Å². The summed E-state index contributed by atoms with van der Waals surface area (Å²) in [6.07, 6.45) is 1.64. The predicted octanol–water partition coefficient (Wildman–Crippen LogP) is 2.25. The number of ether oxygens (including phenoxy) is 1. The molecular weight excluding hydrogens is 324 g/mol. The minimum Gasteiger partial charge on any atom is -0.460 e. The molecule has 1 amide bonds. The first-order chi connectivity index (χ1) is 9.65. The Morgan fingerprint density at radius 2 is 2.00 bits per heavy atom. The van der Waals surface area contributed by atoms with Crippen LogP contribution in [0.2, 0.25) is 0 Å². The van der Waals surface area contributed by atoms with Gasteiger partial charge in [0.05, 0.1) is 0 Å². The normalized spacial score (nSPS) is 10.1. The number of H-pyrrole nitrogens is 1. The van der Waals surface area contributed by atoms with E-state index in [0.29, 0.717) is 5.69 Å². The summed E-state index contributed by atoms with van der Waals surface area (Å²) in [7, 11) is 0. The molecule has 1 heterocycles. The molecule has 0 aliphatic carbocycles. The maximum Gasteiger partial charge on any atom is 0.325 e. The average molecular weight is 337 g/mol. The minimum absolute atomic E-state index is 0.164. The molecule has 0 fully saturated rings. The summed E-state index contributed by atoms with van der Waals surface area (Å²) in [6.45, 7) is 0.0336. The van der Waals surface area contributed by atoms with Gasteiger partial charge in [-0.3, -0.25) is 9.59 Å². The monoisotopic (exact) mass is 336 g/mol. The smallest absolute Gasteiger partial charge is 0.325 e. The van der Waals surface area contributed by atoms with Crippen molar-refractivity contribution in [2.24, 2.45) is 0 Å². The van der Waals surface area contributed by atoms with Gasteiger partial charge >= 0.3 is 5.97 Å². The Balaban J connectivity index is 1.74. The summed E-state index contributed by atoms with van der Waals surface area (Å²) in [5, 5.41) is 2.48. The summed E-state index contributed by atoms with van der Waals surface area (Å²) >= 11 is 3.23. The van der Waals surface area contributed by atoms with E-state index in [9.17, 15) is 9.59 Å². The van der Waals surface area contributed by atoms with E-state index in [0.717, 1.165) is 10.0 Å². The second-order valence-corrected chi connectivity index (χ2v) is 4.98. The highest BCUT2D eigenvalue weighted by molar-refractivity contribution is 9.10. The third kappa shape index (κ3) is 4.24. The van der Waals surface area contributed by atoms with Crippen molar-refractivity contribution in [1.29, 1.82) is 0 Å². The Kier molecular flexibility index (Phi) is 4.95. The van der Waals surface area contributed by atoms with Crippen molar-refractivity contribution in [3.05, 3.63) is 58.3 Å². The van der Waals surface area contributed by atoms with E-state index in [2.05, 4.69) is 26.2 Å². The van der Waals surface area contributed by atoms with Crippen molar-refractivity contribution in [2.45, 2.75) is 6.61 Å². The second kappa shape index (κ2) is 6.91. The Labute approximate surface area is 124 Å². The van der Waals surface area contributed by atoms with Crippen LogP contribution in [0.1, 0.15) is 16.1 Å². The Morgan fingerprint density at radius 1 is 1.25 bits per heavy atom. The lowest BCUT2D eigenvalue weighted by Gasteiger charge is -2.05. The molecule has 0 aliphatic rings. The molecule has 5 nitrogen and oxygen atoms in total. The second-order valence-electron chi connectivity index (χ2n) is 4.06. The number of rotatable bonds is 5. The predicted molar refractivity (Wildman–Crippen MR) is 77.1 cm³/mol. The fraction of sp³-hybridized carbons (Fsp3) is 0.143. The molecule has 0 spiro atoms. The quantitative estimate of drug-likeness (QED) is 0.822. The number of carbonyl (C=O) groups excluding carboxylic acids is 2. The standard InChI is InChI=1S/C14H13BrN2O3/c15-11-6-12(16-7-11)14(19)17-8-13(18)20-9-10-4-2-1-3-5-10/h1-7,16H,8-9H2,(H,17,19). The zero-order valence-electron chi connectivity index (χ0n) is 10.6.